The van der Waals surface area contributed by atoms with E-state index in [4.69, 9.17) is 0 Å². The Morgan fingerprint density at radius 1 is 1.50 bits per heavy atom. The first kappa shape index (κ1) is 12.0. The molecule has 2 heterocycles. The molecule has 1 aliphatic heterocycles. The Labute approximate surface area is 114 Å². The third kappa shape index (κ3) is 1.73. The van der Waals surface area contributed by atoms with Crippen molar-refractivity contribution in [3.8, 4) is 0 Å². The van der Waals surface area contributed by atoms with Gasteiger partial charge in [-0.15, -0.1) is 0 Å². The van der Waals surface area contributed by atoms with Gasteiger partial charge in [-0.1, -0.05) is 13.0 Å². The van der Waals surface area contributed by atoms with Crippen LogP contribution in [-0.4, -0.2) is 27.5 Å². The largest absolute Gasteiger partial charge is 0.327 e. The summed E-state index contributed by atoms with van der Waals surface area (Å²) in [7, 11) is 0. The molecule has 96 valence electrons. The number of hydrogen-bond donors (Lipinski definition) is 1. The maximum atomic E-state index is 12.2. The highest BCUT2D eigenvalue weighted by molar-refractivity contribution is 9.10. The summed E-state index contributed by atoms with van der Waals surface area (Å²) in [6.07, 6.45) is 2.41. The van der Waals surface area contributed by atoms with E-state index in [2.05, 4.69) is 32.7 Å². The molecule has 18 heavy (non-hydrogen) atoms. The molecule has 0 spiro atoms. The number of H-pyrrole nitrogens is 1. The van der Waals surface area contributed by atoms with Gasteiger partial charge >= 0.3 is 5.69 Å². The maximum absolute atomic E-state index is 12.2. The van der Waals surface area contributed by atoms with Crippen molar-refractivity contribution in [2.24, 2.45) is 0 Å². The van der Waals surface area contributed by atoms with Crippen LogP contribution in [0.4, 0.5) is 0 Å². The molecule has 0 amide bonds. The normalized spacial score (nSPS) is 20.9. The number of imidazole rings is 1. The van der Waals surface area contributed by atoms with Crippen LogP contribution >= 0.6 is 15.9 Å². The minimum atomic E-state index is -0.0118. The van der Waals surface area contributed by atoms with Crippen LogP contribution in [0.1, 0.15) is 25.9 Å². The second-order valence-corrected chi connectivity index (χ2v) is 5.54. The molecular formula is C13H16BrN3O. The highest BCUT2D eigenvalue weighted by Gasteiger charge is 2.27. The molecule has 0 saturated carbocycles. The molecule has 2 aromatic rings. The Kier molecular flexibility index (Phi) is 3.03. The topological polar surface area (TPSA) is 41.0 Å². The van der Waals surface area contributed by atoms with Crippen molar-refractivity contribution in [1.29, 1.82) is 0 Å². The molecule has 1 fully saturated rings. The number of hydrogen-bond acceptors (Lipinski definition) is 2. The minimum absolute atomic E-state index is 0.0118. The summed E-state index contributed by atoms with van der Waals surface area (Å²) in [6, 6.07) is 5.93. The number of aromatic nitrogens is 2. The van der Waals surface area contributed by atoms with Gasteiger partial charge in [0.25, 0.3) is 0 Å². The van der Waals surface area contributed by atoms with Crippen molar-refractivity contribution < 1.29 is 0 Å². The number of aromatic amines is 1. The van der Waals surface area contributed by atoms with E-state index in [0.717, 1.165) is 41.4 Å². The second kappa shape index (κ2) is 4.55. The number of likely N-dealkylation sites (tertiary alicyclic amines) is 1. The summed E-state index contributed by atoms with van der Waals surface area (Å²) in [5, 5.41) is 0. The number of para-hydroxylation sites is 1. The molecule has 1 aromatic carbocycles. The SMILES string of the molecule is CCN1CCCC1n1c(=O)[nH]c2c(Br)cccc21. The van der Waals surface area contributed by atoms with Crippen molar-refractivity contribution in [3.63, 3.8) is 0 Å². The third-order valence-electron chi connectivity index (χ3n) is 3.74. The van der Waals surface area contributed by atoms with Gasteiger partial charge in [-0.2, -0.15) is 0 Å². The summed E-state index contributed by atoms with van der Waals surface area (Å²) in [5.41, 5.74) is 1.87. The molecule has 1 aromatic heterocycles. The van der Waals surface area contributed by atoms with Crippen LogP contribution in [0.3, 0.4) is 0 Å². The summed E-state index contributed by atoms with van der Waals surface area (Å²) in [6.45, 7) is 4.21. The molecule has 1 saturated heterocycles. The Morgan fingerprint density at radius 2 is 2.33 bits per heavy atom. The van der Waals surface area contributed by atoms with Crippen molar-refractivity contribution in [2.45, 2.75) is 25.9 Å². The highest BCUT2D eigenvalue weighted by atomic mass is 79.9. The van der Waals surface area contributed by atoms with E-state index < -0.39 is 0 Å². The van der Waals surface area contributed by atoms with E-state index in [1.165, 1.54) is 0 Å². The zero-order valence-corrected chi connectivity index (χ0v) is 11.9. The molecule has 5 heteroatoms. The lowest BCUT2D eigenvalue weighted by Crippen LogP contribution is -2.32. The fourth-order valence-corrected chi connectivity index (χ4v) is 3.33. The molecular weight excluding hydrogens is 294 g/mol. The molecule has 1 unspecified atom stereocenters. The van der Waals surface area contributed by atoms with E-state index in [-0.39, 0.29) is 11.9 Å². The standard InChI is InChI=1S/C13H16BrN3O/c1-2-16-8-4-7-11(16)17-10-6-3-5-9(14)12(10)15-13(17)18/h3,5-6,11H,2,4,7-8H2,1H3,(H,15,18). The second-order valence-electron chi connectivity index (χ2n) is 4.69. The average molecular weight is 310 g/mol. The number of halogens is 1. The van der Waals surface area contributed by atoms with Crippen molar-refractivity contribution in [2.75, 3.05) is 13.1 Å². The Bertz CT molecular complexity index is 631. The summed E-state index contributed by atoms with van der Waals surface area (Å²) in [5.74, 6) is 0. The van der Waals surface area contributed by atoms with E-state index in [1.54, 1.807) is 0 Å². The van der Waals surface area contributed by atoms with Gasteiger partial charge in [-0.05, 0) is 47.4 Å². The third-order valence-corrected chi connectivity index (χ3v) is 4.40. The lowest BCUT2D eigenvalue weighted by Gasteiger charge is -2.23. The quantitative estimate of drug-likeness (QED) is 0.926. The number of fused-ring (bicyclic) bond motifs is 1. The first-order valence-corrected chi connectivity index (χ1v) is 7.14. The van der Waals surface area contributed by atoms with Gasteiger partial charge in [0.1, 0.15) is 0 Å². The predicted octanol–water partition coefficient (Wildman–Crippen LogP) is 2.71. The Hall–Kier alpha value is -1.07. The smallest absolute Gasteiger partial charge is 0.304 e. The van der Waals surface area contributed by atoms with Crippen molar-refractivity contribution in [1.82, 2.24) is 14.5 Å². The Balaban J connectivity index is 2.20. The lowest BCUT2D eigenvalue weighted by atomic mass is 10.3. The first-order valence-electron chi connectivity index (χ1n) is 6.35. The van der Waals surface area contributed by atoms with Gasteiger partial charge in [-0.3, -0.25) is 9.47 Å². The fraction of sp³-hybridized carbons (Fsp3) is 0.462. The molecule has 0 radical (unpaired) electrons. The van der Waals surface area contributed by atoms with Crippen LogP contribution in [0.5, 0.6) is 0 Å². The van der Waals surface area contributed by atoms with E-state index in [0.29, 0.717) is 0 Å². The minimum Gasteiger partial charge on any atom is -0.304 e. The van der Waals surface area contributed by atoms with Gasteiger partial charge in [0.15, 0.2) is 0 Å². The highest BCUT2D eigenvalue weighted by Crippen LogP contribution is 2.29. The Morgan fingerprint density at radius 3 is 3.11 bits per heavy atom. The van der Waals surface area contributed by atoms with E-state index in [1.807, 2.05) is 22.8 Å². The van der Waals surface area contributed by atoms with E-state index in [9.17, 15) is 4.79 Å². The summed E-state index contributed by atoms with van der Waals surface area (Å²) in [4.78, 5) is 17.5. The number of nitrogens with one attached hydrogen (secondary N) is 1. The van der Waals surface area contributed by atoms with Crippen LogP contribution in [-0.2, 0) is 0 Å². The average Bonchev–Trinajstić information content (AvgIpc) is 2.93. The van der Waals surface area contributed by atoms with Gasteiger partial charge in [-0.25, -0.2) is 4.79 Å². The molecule has 0 bridgehead atoms. The van der Waals surface area contributed by atoms with Gasteiger partial charge in [0, 0.05) is 11.0 Å². The number of nitrogens with zero attached hydrogens (tertiary/aromatic N) is 2. The maximum Gasteiger partial charge on any atom is 0.327 e. The lowest BCUT2D eigenvalue weighted by molar-refractivity contribution is 0.204. The van der Waals surface area contributed by atoms with E-state index >= 15 is 0 Å². The fourth-order valence-electron chi connectivity index (χ4n) is 2.88. The van der Waals surface area contributed by atoms with Crippen LogP contribution in [0, 0.1) is 0 Å². The molecule has 3 rings (SSSR count). The zero-order valence-electron chi connectivity index (χ0n) is 10.3. The number of benzene rings is 1. The monoisotopic (exact) mass is 309 g/mol. The van der Waals surface area contributed by atoms with Crippen molar-refractivity contribution in [3.05, 3.63) is 33.2 Å². The first-order chi connectivity index (χ1) is 8.72. The molecule has 4 nitrogen and oxygen atoms in total. The zero-order chi connectivity index (χ0) is 12.7. The molecule has 0 aliphatic carbocycles. The summed E-state index contributed by atoms with van der Waals surface area (Å²) >= 11 is 3.49. The number of rotatable bonds is 2. The predicted molar refractivity (Wildman–Crippen MR) is 75.8 cm³/mol. The van der Waals surface area contributed by atoms with Crippen LogP contribution in [0.15, 0.2) is 27.5 Å². The van der Waals surface area contributed by atoms with Gasteiger partial charge < -0.3 is 4.98 Å². The van der Waals surface area contributed by atoms with Gasteiger partial charge in [0.2, 0.25) is 0 Å². The molecule has 1 N–H and O–H groups in total. The molecule has 1 atom stereocenters. The summed E-state index contributed by atoms with van der Waals surface area (Å²) < 4.78 is 2.84. The van der Waals surface area contributed by atoms with Crippen LogP contribution < -0.4 is 5.69 Å². The molecule has 1 aliphatic rings. The van der Waals surface area contributed by atoms with Crippen LogP contribution in [0.2, 0.25) is 0 Å². The van der Waals surface area contributed by atoms with Crippen LogP contribution in [0.25, 0.3) is 11.0 Å². The van der Waals surface area contributed by atoms with Crippen molar-refractivity contribution >= 4 is 27.0 Å². The van der Waals surface area contributed by atoms with Gasteiger partial charge in [0.05, 0.1) is 17.2 Å².